The molecule has 3 amide bonds. The highest BCUT2D eigenvalue weighted by atomic mass is 32.2. The number of nitrogens with one attached hydrogen (secondary N) is 1. The van der Waals surface area contributed by atoms with Gasteiger partial charge in [0.1, 0.15) is 12.4 Å². The number of anilines is 2. The molecule has 12 heteroatoms. The van der Waals surface area contributed by atoms with Crippen molar-refractivity contribution in [3.05, 3.63) is 59.0 Å². The standard InChI is InChI=1S/C19H15N5O5S2/c20-17-16(30-19(27)23-17)15-12-3-1-2-4-13(12)24(18(15)26)9-14(25)22-10-5-7-11(8-6-10)31(21,28)29/h1-8H,9H2,(H,22,25)(H2,20,23,27)(H2,21,28,29)/b16-15+. The van der Waals surface area contributed by atoms with Crippen LogP contribution in [0.4, 0.5) is 16.2 Å². The summed E-state index contributed by atoms with van der Waals surface area (Å²) in [4.78, 5) is 42.4. The first-order valence-electron chi connectivity index (χ1n) is 8.80. The van der Waals surface area contributed by atoms with E-state index in [-0.39, 0.29) is 27.8 Å². The molecular formula is C19H15N5O5S2. The van der Waals surface area contributed by atoms with E-state index in [2.05, 4.69) is 10.3 Å². The Kier molecular flexibility index (Phi) is 5.13. The molecule has 4 rings (SSSR count). The van der Waals surface area contributed by atoms with Crippen LogP contribution in [0.2, 0.25) is 0 Å². The maximum Gasteiger partial charge on any atom is 0.311 e. The van der Waals surface area contributed by atoms with Gasteiger partial charge in [0.15, 0.2) is 0 Å². The average molecular weight is 457 g/mol. The summed E-state index contributed by atoms with van der Waals surface area (Å²) in [5, 5.41) is 7.15. The van der Waals surface area contributed by atoms with Crippen LogP contribution in [0.15, 0.2) is 63.3 Å². The topological polar surface area (TPSA) is 165 Å². The number of carbonyl (C=O) groups excluding carboxylic acids is 3. The van der Waals surface area contributed by atoms with Crippen LogP contribution in [0.25, 0.3) is 5.57 Å². The van der Waals surface area contributed by atoms with Gasteiger partial charge in [-0.1, -0.05) is 18.2 Å². The first-order valence-corrected chi connectivity index (χ1v) is 11.2. The smallest absolute Gasteiger partial charge is 0.311 e. The van der Waals surface area contributed by atoms with Crippen molar-refractivity contribution in [2.24, 2.45) is 15.9 Å². The summed E-state index contributed by atoms with van der Waals surface area (Å²) in [7, 11) is -3.85. The first kappa shape index (κ1) is 20.8. The monoisotopic (exact) mass is 457 g/mol. The molecule has 5 N–H and O–H groups in total. The molecule has 2 aliphatic heterocycles. The van der Waals surface area contributed by atoms with Gasteiger partial charge in [0, 0.05) is 11.3 Å². The third kappa shape index (κ3) is 3.95. The number of rotatable bonds is 4. The van der Waals surface area contributed by atoms with Gasteiger partial charge in [0.2, 0.25) is 15.9 Å². The van der Waals surface area contributed by atoms with Crippen molar-refractivity contribution >= 4 is 61.6 Å². The van der Waals surface area contributed by atoms with Crippen LogP contribution in [-0.4, -0.2) is 37.9 Å². The molecule has 10 nitrogen and oxygen atoms in total. The van der Waals surface area contributed by atoms with Crippen LogP contribution >= 0.6 is 11.8 Å². The van der Waals surface area contributed by atoms with Crippen LogP contribution in [-0.2, 0) is 19.6 Å². The van der Waals surface area contributed by atoms with Crippen molar-refractivity contribution in [2.75, 3.05) is 16.8 Å². The fourth-order valence-electron chi connectivity index (χ4n) is 3.22. The second kappa shape index (κ2) is 7.65. The lowest BCUT2D eigenvalue weighted by atomic mass is 10.1. The Balaban J connectivity index is 1.58. The largest absolute Gasteiger partial charge is 0.383 e. The van der Waals surface area contributed by atoms with Crippen molar-refractivity contribution in [1.82, 2.24) is 0 Å². The average Bonchev–Trinajstić information content (AvgIpc) is 3.17. The zero-order valence-corrected chi connectivity index (χ0v) is 17.4. The van der Waals surface area contributed by atoms with Crippen molar-refractivity contribution in [3.63, 3.8) is 0 Å². The van der Waals surface area contributed by atoms with Crippen LogP contribution in [0.5, 0.6) is 0 Å². The zero-order chi connectivity index (χ0) is 22.3. The summed E-state index contributed by atoms with van der Waals surface area (Å²) in [5.41, 5.74) is 7.42. The predicted molar refractivity (Wildman–Crippen MR) is 117 cm³/mol. The lowest BCUT2D eigenvalue weighted by molar-refractivity contribution is -0.118. The van der Waals surface area contributed by atoms with E-state index in [1.807, 2.05) is 0 Å². The van der Waals surface area contributed by atoms with Gasteiger partial charge in [-0.2, -0.15) is 4.99 Å². The van der Waals surface area contributed by atoms with Gasteiger partial charge in [0.25, 0.3) is 5.91 Å². The van der Waals surface area contributed by atoms with Crippen molar-refractivity contribution in [3.8, 4) is 0 Å². The van der Waals surface area contributed by atoms with E-state index >= 15 is 0 Å². The maximum atomic E-state index is 13.1. The van der Waals surface area contributed by atoms with Crippen LogP contribution in [0, 0.1) is 0 Å². The van der Waals surface area contributed by atoms with E-state index in [1.165, 1.54) is 29.2 Å². The molecule has 2 aromatic carbocycles. The first-order chi connectivity index (χ1) is 14.6. The van der Waals surface area contributed by atoms with Crippen LogP contribution in [0.3, 0.4) is 0 Å². The maximum absolute atomic E-state index is 13.1. The molecule has 0 unspecified atom stereocenters. The molecule has 31 heavy (non-hydrogen) atoms. The molecule has 2 aromatic rings. The number of fused-ring (bicyclic) bond motifs is 1. The Labute approximate surface area is 181 Å². The third-order valence-electron chi connectivity index (χ3n) is 4.55. The SMILES string of the molecule is NC1=NC(=O)S/C1=C1/C(=O)N(CC(=O)Nc2ccc(S(N)(=O)=O)cc2)c2ccccc21. The molecule has 0 saturated carbocycles. The van der Waals surface area contributed by atoms with Gasteiger partial charge < -0.3 is 11.1 Å². The molecule has 2 aliphatic rings. The van der Waals surface area contributed by atoms with Gasteiger partial charge in [-0.25, -0.2) is 13.6 Å². The summed E-state index contributed by atoms with van der Waals surface area (Å²) in [6, 6.07) is 12.2. The minimum absolute atomic E-state index is 0.0330. The van der Waals surface area contributed by atoms with Gasteiger partial charge in [-0.15, -0.1) is 0 Å². The number of sulfonamides is 1. The Morgan fingerprint density at radius 1 is 1.10 bits per heavy atom. The normalized spacial score (nSPS) is 18.2. The van der Waals surface area contributed by atoms with E-state index < -0.39 is 27.1 Å². The number of nitrogens with zero attached hydrogens (tertiary/aromatic N) is 2. The van der Waals surface area contributed by atoms with Gasteiger partial charge >= 0.3 is 5.24 Å². The fourth-order valence-corrected chi connectivity index (χ4v) is 4.50. The Bertz CT molecular complexity index is 1300. The van der Waals surface area contributed by atoms with Crippen LogP contribution in [0.1, 0.15) is 5.56 Å². The number of amides is 3. The number of amidine groups is 1. The molecule has 0 radical (unpaired) electrons. The van der Waals surface area contributed by atoms with E-state index in [1.54, 1.807) is 24.3 Å². The molecule has 0 aromatic heterocycles. The predicted octanol–water partition coefficient (Wildman–Crippen LogP) is 1.25. The summed E-state index contributed by atoms with van der Waals surface area (Å²) in [5.74, 6) is -1.01. The van der Waals surface area contributed by atoms with Crippen molar-refractivity contribution in [1.29, 1.82) is 0 Å². The van der Waals surface area contributed by atoms with Gasteiger partial charge in [-0.05, 0) is 42.1 Å². The third-order valence-corrected chi connectivity index (χ3v) is 6.36. The zero-order valence-electron chi connectivity index (χ0n) is 15.7. The van der Waals surface area contributed by atoms with Gasteiger partial charge in [-0.3, -0.25) is 19.3 Å². The highest BCUT2D eigenvalue weighted by Gasteiger charge is 2.38. The highest BCUT2D eigenvalue weighted by molar-refractivity contribution is 8.18. The lowest BCUT2D eigenvalue weighted by Gasteiger charge is -2.17. The van der Waals surface area contributed by atoms with E-state index in [0.717, 1.165) is 11.8 Å². The summed E-state index contributed by atoms with van der Waals surface area (Å²) in [6.45, 7) is -0.306. The second-order valence-electron chi connectivity index (χ2n) is 6.60. The van der Waals surface area contributed by atoms with Gasteiger partial charge in [0.05, 0.1) is 21.1 Å². The molecule has 0 atom stereocenters. The second-order valence-corrected chi connectivity index (χ2v) is 9.12. The number of carbonyl (C=O) groups is 3. The number of aliphatic imine (C=N–C) groups is 1. The fraction of sp³-hybridized carbons (Fsp3) is 0.0526. The van der Waals surface area contributed by atoms with Crippen molar-refractivity contribution < 1.29 is 22.8 Å². The van der Waals surface area contributed by atoms with E-state index in [0.29, 0.717) is 16.9 Å². The molecule has 2 heterocycles. The minimum Gasteiger partial charge on any atom is -0.383 e. The summed E-state index contributed by atoms with van der Waals surface area (Å²) < 4.78 is 22.7. The Morgan fingerprint density at radius 3 is 2.39 bits per heavy atom. The number of thioether (sulfide) groups is 1. The molecule has 158 valence electrons. The minimum atomic E-state index is -3.85. The molecule has 0 saturated heterocycles. The number of nitrogens with two attached hydrogens (primary N) is 2. The number of hydrogen-bond donors (Lipinski definition) is 3. The molecular weight excluding hydrogens is 442 g/mol. The number of primary sulfonamides is 1. The molecule has 0 bridgehead atoms. The number of benzene rings is 2. The quantitative estimate of drug-likeness (QED) is 0.581. The summed E-state index contributed by atoms with van der Waals surface area (Å²) in [6.07, 6.45) is 0. The van der Waals surface area contributed by atoms with E-state index in [9.17, 15) is 22.8 Å². The van der Waals surface area contributed by atoms with E-state index in [4.69, 9.17) is 10.9 Å². The molecule has 0 fully saturated rings. The molecule has 0 aliphatic carbocycles. The molecule has 0 spiro atoms. The Hall–Kier alpha value is -3.48. The van der Waals surface area contributed by atoms with Crippen LogP contribution < -0.4 is 21.1 Å². The highest BCUT2D eigenvalue weighted by Crippen LogP contribution is 2.42. The number of para-hydroxylation sites is 1. The Morgan fingerprint density at radius 2 is 1.77 bits per heavy atom. The number of hydrogen-bond acceptors (Lipinski definition) is 7. The lowest BCUT2D eigenvalue weighted by Crippen LogP contribution is -2.35. The summed E-state index contributed by atoms with van der Waals surface area (Å²) >= 11 is 0.770. The van der Waals surface area contributed by atoms with Crippen molar-refractivity contribution in [2.45, 2.75) is 4.90 Å².